The van der Waals surface area contributed by atoms with Gasteiger partial charge in [0.05, 0.1) is 18.5 Å². The van der Waals surface area contributed by atoms with Crippen molar-refractivity contribution in [3.05, 3.63) is 35.4 Å². The molecule has 13 heavy (non-hydrogen) atoms. The van der Waals surface area contributed by atoms with Gasteiger partial charge < -0.3 is 0 Å². The quantitative estimate of drug-likeness (QED) is 0.539. The highest BCUT2D eigenvalue weighted by atomic mass is 15.2. The molecule has 0 amide bonds. The van der Waals surface area contributed by atoms with Crippen molar-refractivity contribution < 1.29 is 0 Å². The molecule has 0 aliphatic rings. The van der Waals surface area contributed by atoms with Crippen LogP contribution in [0.2, 0.25) is 0 Å². The fourth-order valence-electron chi connectivity index (χ4n) is 1.16. The number of nitrogens with two attached hydrogens (primary N) is 1. The summed E-state index contributed by atoms with van der Waals surface area (Å²) in [5, 5.41) is 8.54. The summed E-state index contributed by atoms with van der Waals surface area (Å²) in [7, 11) is 0. The van der Waals surface area contributed by atoms with Crippen molar-refractivity contribution in [2.45, 2.75) is 19.4 Å². The molecule has 3 nitrogen and oxygen atoms in total. The Morgan fingerprint density at radius 2 is 2.08 bits per heavy atom. The molecule has 0 fully saturated rings. The van der Waals surface area contributed by atoms with Crippen molar-refractivity contribution in [2.75, 3.05) is 0 Å². The van der Waals surface area contributed by atoms with E-state index in [0.717, 1.165) is 5.56 Å². The first kappa shape index (κ1) is 9.72. The van der Waals surface area contributed by atoms with E-state index in [0.29, 0.717) is 6.42 Å². The van der Waals surface area contributed by atoms with Gasteiger partial charge in [-0.2, -0.15) is 5.26 Å². The largest absolute Gasteiger partial charge is 0.271 e. The number of hydrazine groups is 1. The van der Waals surface area contributed by atoms with E-state index in [2.05, 4.69) is 11.5 Å². The molecule has 0 spiro atoms. The third-order valence-corrected chi connectivity index (χ3v) is 1.98. The highest BCUT2D eigenvalue weighted by Crippen LogP contribution is 2.15. The monoisotopic (exact) mass is 175 g/mol. The van der Waals surface area contributed by atoms with Crippen molar-refractivity contribution in [2.24, 2.45) is 5.84 Å². The van der Waals surface area contributed by atoms with E-state index in [9.17, 15) is 0 Å². The van der Waals surface area contributed by atoms with Gasteiger partial charge in [0, 0.05) is 0 Å². The van der Waals surface area contributed by atoms with Crippen LogP contribution in [0.15, 0.2) is 24.3 Å². The molecule has 0 saturated heterocycles. The molecule has 3 heteroatoms. The van der Waals surface area contributed by atoms with Gasteiger partial charge in [0.1, 0.15) is 0 Å². The first-order valence-corrected chi connectivity index (χ1v) is 4.17. The Morgan fingerprint density at radius 3 is 2.54 bits per heavy atom. The minimum Gasteiger partial charge on any atom is -0.271 e. The van der Waals surface area contributed by atoms with Gasteiger partial charge in [0.2, 0.25) is 0 Å². The van der Waals surface area contributed by atoms with E-state index < -0.39 is 0 Å². The zero-order valence-corrected chi connectivity index (χ0v) is 7.62. The highest BCUT2D eigenvalue weighted by Gasteiger charge is 2.07. The predicted molar refractivity (Wildman–Crippen MR) is 51.5 cm³/mol. The molecule has 0 bridgehead atoms. The molecule has 1 rings (SSSR count). The van der Waals surface area contributed by atoms with Crippen LogP contribution < -0.4 is 11.3 Å². The minimum absolute atomic E-state index is 0.0643. The van der Waals surface area contributed by atoms with E-state index in [1.165, 1.54) is 5.56 Å². The Morgan fingerprint density at radius 1 is 1.46 bits per heavy atom. The van der Waals surface area contributed by atoms with E-state index in [-0.39, 0.29) is 6.04 Å². The summed E-state index contributed by atoms with van der Waals surface area (Å²) in [4.78, 5) is 0. The van der Waals surface area contributed by atoms with Crippen molar-refractivity contribution in [1.29, 1.82) is 5.26 Å². The van der Waals surface area contributed by atoms with Crippen LogP contribution in [0.25, 0.3) is 0 Å². The van der Waals surface area contributed by atoms with E-state index >= 15 is 0 Å². The van der Waals surface area contributed by atoms with Gasteiger partial charge in [0.25, 0.3) is 0 Å². The average molecular weight is 175 g/mol. The second kappa shape index (κ2) is 4.61. The molecule has 0 heterocycles. The number of nitrogens with one attached hydrogen (secondary N) is 1. The summed E-state index contributed by atoms with van der Waals surface area (Å²) in [6.45, 7) is 2.03. The van der Waals surface area contributed by atoms with Crippen molar-refractivity contribution in [3.8, 4) is 6.07 Å². The Balaban J connectivity index is 2.80. The molecule has 0 aliphatic heterocycles. The molecule has 0 aliphatic carbocycles. The van der Waals surface area contributed by atoms with Crippen LogP contribution in [0, 0.1) is 18.3 Å². The zero-order chi connectivity index (χ0) is 9.68. The maximum Gasteiger partial charge on any atom is 0.0642 e. The number of aryl methyl sites for hydroxylation is 1. The molecule has 3 N–H and O–H groups in total. The number of rotatable bonds is 3. The molecule has 0 radical (unpaired) electrons. The number of benzene rings is 1. The Kier molecular flexibility index (Phi) is 3.44. The van der Waals surface area contributed by atoms with Gasteiger partial charge >= 0.3 is 0 Å². The van der Waals surface area contributed by atoms with Crippen molar-refractivity contribution in [3.63, 3.8) is 0 Å². The molecule has 0 saturated carbocycles. The number of nitriles is 1. The van der Waals surface area contributed by atoms with Crippen LogP contribution in [0.4, 0.5) is 0 Å². The molecule has 0 aromatic heterocycles. The van der Waals surface area contributed by atoms with Crippen LogP contribution >= 0.6 is 0 Å². The van der Waals surface area contributed by atoms with E-state index in [4.69, 9.17) is 11.1 Å². The fraction of sp³-hybridized carbons (Fsp3) is 0.300. The van der Waals surface area contributed by atoms with Crippen LogP contribution in [-0.2, 0) is 0 Å². The lowest BCUT2D eigenvalue weighted by atomic mass is 10.0. The molecule has 1 unspecified atom stereocenters. The number of hydrogen-bond donors (Lipinski definition) is 2. The third kappa shape index (κ3) is 2.55. The SMILES string of the molecule is Cc1ccc(C(CC#N)NN)cc1. The standard InChI is InChI=1S/C10H13N3/c1-8-2-4-9(5-3-8)10(13-12)6-7-11/h2-5,10,13H,6,12H2,1H3. The van der Waals surface area contributed by atoms with Gasteiger partial charge in [-0.3, -0.25) is 11.3 Å². The molecule has 1 aromatic carbocycles. The highest BCUT2D eigenvalue weighted by molar-refractivity contribution is 5.24. The lowest BCUT2D eigenvalue weighted by Gasteiger charge is -2.12. The molecule has 1 atom stereocenters. The summed E-state index contributed by atoms with van der Waals surface area (Å²) < 4.78 is 0. The Hall–Kier alpha value is -1.37. The van der Waals surface area contributed by atoms with Crippen molar-refractivity contribution >= 4 is 0 Å². The van der Waals surface area contributed by atoms with Gasteiger partial charge in [-0.1, -0.05) is 29.8 Å². The fourth-order valence-corrected chi connectivity index (χ4v) is 1.16. The average Bonchev–Trinajstić information content (AvgIpc) is 2.16. The summed E-state index contributed by atoms with van der Waals surface area (Å²) >= 11 is 0. The van der Waals surface area contributed by atoms with E-state index in [1.54, 1.807) is 0 Å². The summed E-state index contributed by atoms with van der Waals surface area (Å²) in [5.74, 6) is 5.33. The van der Waals surface area contributed by atoms with Crippen LogP contribution in [0.3, 0.4) is 0 Å². The topological polar surface area (TPSA) is 61.8 Å². The lowest BCUT2D eigenvalue weighted by molar-refractivity contribution is 0.565. The van der Waals surface area contributed by atoms with Crippen LogP contribution in [0.5, 0.6) is 0 Å². The lowest BCUT2D eigenvalue weighted by Crippen LogP contribution is -2.27. The Bertz CT molecular complexity index is 297. The van der Waals surface area contributed by atoms with Gasteiger partial charge in [0.15, 0.2) is 0 Å². The second-order valence-electron chi connectivity index (χ2n) is 2.99. The van der Waals surface area contributed by atoms with E-state index in [1.807, 2.05) is 31.2 Å². The van der Waals surface area contributed by atoms with Gasteiger partial charge in [-0.25, -0.2) is 0 Å². The Labute approximate surface area is 78.1 Å². The smallest absolute Gasteiger partial charge is 0.0642 e. The number of hydrogen-bond acceptors (Lipinski definition) is 3. The summed E-state index contributed by atoms with van der Waals surface area (Å²) in [6, 6.07) is 10.0. The van der Waals surface area contributed by atoms with Crippen LogP contribution in [-0.4, -0.2) is 0 Å². The normalized spacial score (nSPS) is 12.1. The summed E-state index contributed by atoms with van der Waals surface area (Å²) in [6.07, 6.45) is 0.388. The molecular weight excluding hydrogens is 162 g/mol. The maximum absolute atomic E-state index is 8.54. The molecule has 68 valence electrons. The number of nitrogens with zero attached hydrogens (tertiary/aromatic N) is 1. The minimum atomic E-state index is -0.0643. The first-order chi connectivity index (χ1) is 6.27. The molecule has 1 aromatic rings. The van der Waals surface area contributed by atoms with Gasteiger partial charge in [-0.05, 0) is 12.5 Å². The van der Waals surface area contributed by atoms with Crippen LogP contribution in [0.1, 0.15) is 23.6 Å². The maximum atomic E-state index is 8.54. The predicted octanol–water partition coefficient (Wildman–Crippen LogP) is 1.41. The van der Waals surface area contributed by atoms with Gasteiger partial charge in [-0.15, -0.1) is 0 Å². The van der Waals surface area contributed by atoms with Crippen molar-refractivity contribution in [1.82, 2.24) is 5.43 Å². The molecular formula is C10H13N3. The zero-order valence-electron chi connectivity index (χ0n) is 7.62. The summed E-state index contributed by atoms with van der Waals surface area (Å²) in [5.41, 5.74) is 4.87. The first-order valence-electron chi connectivity index (χ1n) is 4.17. The second-order valence-corrected chi connectivity index (χ2v) is 2.99. The third-order valence-electron chi connectivity index (χ3n) is 1.98.